The summed E-state index contributed by atoms with van der Waals surface area (Å²) in [7, 11) is -3.68. The molecule has 1 aromatic carbocycles. The zero-order valence-corrected chi connectivity index (χ0v) is 14.8. The number of nitrogens with two attached hydrogens (primary N) is 1. The van der Waals surface area contributed by atoms with E-state index in [4.69, 9.17) is 5.14 Å². The Morgan fingerprint density at radius 3 is 2.80 bits per heavy atom. The molecule has 130 valence electrons. The molecule has 9 heteroatoms. The molecule has 3 N–H and O–H groups in total. The molecule has 0 saturated carbocycles. The lowest BCUT2D eigenvalue weighted by atomic mass is 10.1. The van der Waals surface area contributed by atoms with E-state index >= 15 is 0 Å². The number of nitrogens with zero attached hydrogens (tertiary/aromatic N) is 2. The number of thiazole rings is 1. The highest BCUT2D eigenvalue weighted by molar-refractivity contribution is 7.89. The molecule has 0 unspecified atom stereocenters. The number of benzene rings is 1. The highest BCUT2D eigenvalue weighted by atomic mass is 32.2. The average Bonchev–Trinajstić information content (AvgIpc) is 3.16. The molecule has 0 aliphatic carbocycles. The second-order valence-corrected chi connectivity index (χ2v) is 7.74. The monoisotopic (exact) mass is 376 g/mol. The third-order valence-electron chi connectivity index (χ3n) is 3.55. The maximum atomic E-state index is 11.9. The van der Waals surface area contributed by atoms with Crippen molar-refractivity contribution in [3.63, 3.8) is 0 Å². The second-order valence-electron chi connectivity index (χ2n) is 5.30. The minimum Gasteiger partial charge on any atom is -0.352 e. The fourth-order valence-electron chi connectivity index (χ4n) is 2.26. The highest BCUT2D eigenvalue weighted by Gasteiger charge is 2.06. The van der Waals surface area contributed by atoms with Gasteiger partial charge >= 0.3 is 0 Å². The van der Waals surface area contributed by atoms with Crippen LogP contribution in [0.5, 0.6) is 0 Å². The Bertz CT molecular complexity index is 1020. The standard InChI is InChI=1S/C16H16N4O3S2/c17-25(22,23)14-4-1-12(2-5-14)7-8-18-15(21)6-3-13-11-19-16-20(13)9-10-24-16/h1-6,9-11H,7-8H2,(H,18,21)(H2,17,22,23)/b6-3+. The van der Waals surface area contributed by atoms with Crippen LogP contribution in [0.2, 0.25) is 0 Å². The van der Waals surface area contributed by atoms with Crippen LogP contribution in [-0.2, 0) is 21.2 Å². The summed E-state index contributed by atoms with van der Waals surface area (Å²) in [4.78, 5) is 17.0. The predicted molar refractivity (Wildman–Crippen MR) is 96.6 cm³/mol. The first-order chi connectivity index (χ1) is 11.9. The third kappa shape index (κ3) is 4.32. The number of rotatable bonds is 6. The third-order valence-corrected chi connectivity index (χ3v) is 5.25. The number of hydrogen-bond donors (Lipinski definition) is 2. The lowest BCUT2D eigenvalue weighted by Gasteiger charge is -2.04. The summed E-state index contributed by atoms with van der Waals surface area (Å²) in [5.41, 5.74) is 1.75. The van der Waals surface area contributed by atoms with E-state index in [-0.39, 0.29) is 10.8 Å². The smallest absolute Gasteiger partial charge is 0.244 e. The fraction of sp³-hybridized carbons (Fsp3) is 0.125. The summed E-state index contributed by atoms with van der Waals surface area (Å²) in [5.74, 6) is -0.202. The molecule has 0 bridgehead atoms. The molecule has 0 atom stereocenters. The van der Waals surface area contributed by atoms with E-state index in [1.54, 1.807) is 24.4 Å². The van der Waals surface area contributed by atoms with Gasteiger partial charge in [-0.15, -0.1) is 11.3 Å². The van der Waals surface area contributed by atoms with Crippen LogP contribution in [0.15, 0.2) is 53.0 Å². The summed E-state index contributed by atoms with van der Waals surface area (Å²) in [6.45, 7) is 0.443. The summed E-state index contributed by atoms with van der Waals surface area (Å²) >= 11 is 1.53. The number of amides is 1. The van der Waals surface area contributed by atoms with Gasteiger partial charge in [0.2, 0.25) is 15.9 Å². The Balaban J connectivity index is 1.51. The first kappa shape index (κ1) is 17.3. The second kappa shape index (κ2) is 7.18. The molecule has 2 aromatic heterocycles. The minimum atomic E-state index is -3.68. The molecule has 25 heavy (non-hydrogen) atoms. The van der Waals surface area contributed by atoms with Gasteiger partial charge < -0.3 is 5.32 Å². The zero-order chi connectivity index (χ0) is 17.9. The van der Waals surface area contributed by atoms with Crippen molar-refractivity contribution in [2.24, 2.45) is 5.14 Å². The molecule has 0 aliphatic rings. The molecule has 0 saturated heterocycles. The van der Waals surface area contributed by atoms with Crippen molar-refractivity contribution in [3.05, 3.63) is 59.4 Å². The molecule has 0 aliphatic heterocycles. The molecule has 0 radical (unpaired) electrons. The normalized spacial score (nSPS) is 12.0. The summed E-state index contributed by atoms with van der Waals surface area (Å²) in [6.07, 6.45) is 7.37. The number of sulfonamides is 1. The lowest BCUT2D eigenvalue weighted by molar-refractivity contribution is -0.116. The first-order valence-corrected chi connectivity index (χ1v) is 9.84. The molecule has 0 spiro atoms. The van der Waals surface area contributed by atoms with Gasteiger partial charge in [0.1, 0.15) is 0 Å². The number of carbonyl (C=O) groups excluding carboxylic acids is 1. The Hall–Kier alpha value is -2.49. The topological polar surface area (TPSA) is 107 Å². The lowest BCUT2D eigenvalue weighted by Crippen LogP contribution is -2.23. The van der Waals surface area contributed by atoms with Gasteiger partial charge in [-0.1, -0.05) is 12.1 Å². The van der Waals surface area contributed by atoms with Crippen LogP contribution in [0.4, 0.5) is 0 Å². The summed E-state index contributed by atoms with van der Waals surface area (Å²) in [6, 6.07) is 6.28. The van der Waals surface area contributed by atoms with Crippen LogP contribution < -0.4 is 10.5 Å². The van der Waals surface area contributed by atoms with Crippen molar-refractivity contribution in [1.29, 1.82) is 0 Å². The van der Waals surface area contributed by atoms with Gasteiger partial charge in [-0.25, -0.2) is 18.5 Å². The van der Waals surface area contributed by atoms with Gasteiger partial charge in [0, 0.05) is 24.2 Å². The van der Waals surface area contributed by atoms with Gasteiger partial charge in [0.05, 0.1) is 16.8 Å². The van der Waals surface area contributed by atoms with E-state index < -0.39 is 10.0 Å². The number of hydrogen-bond acceptors (Lipinski definition) is 5. The van der Waals surface area contributed by atoms with E-state index in [0.717, 1.165) is 16.2 Å². The van der Waals surface area contributed by atoms with E-state index in [1.807, 2.05) is 16.0 Å². The SMILES string of the molecule is NS(=O)(=O)c1ccc(CCNC(=O)/C=C/c2cnc3sccn23)cc1. The Kier molecular flexibility index (Phi) is 4.98. The molecule has 1 amide bonds. The Morgan fingerprint density at radius 1 is 1.32 bits per heavy atom. The van der Waals surface area contributed by atoms with Crippen molar-refractivity contribution >= 4 is 38.3 Å². The average molecular weight is 376 g/mol. The van der Waals surface area contributed by atoms with Gasteiger partial charge in [-0.05, 0) is 30.2 Å². The van der Waals surface area contributed by atoms with E-state index in [2.05, 4.69) is 10.3 Å². The number of nitrogens with one attached hydrogen (secondary N) is 1. The minimum absolute atomic E-state index is 0.0729. The number of primary sulfonamides is 1. The molecule has 3 rings (SSSR count). The Labute approximate surface area is 148 Å². The van der Waals surface area contributed by atoms with E-state index in [1.165, 1.54) is 29.5 Å². The van der Waals surface area contributed by atoms with Crippen LogP contribution >= 0.6 is 11.3 Å². The molecule has 2 heterocycles. The van der Waals surface area contributed by atoms with Gasteiger partial charge in [0.15, 0.2) is 4.96 Å². The summed E-state index contributed by atoms with van der Waals surface area (Å²) in [5, 5.41) is 9.77. The molecule has 0 fully saturated rings. The van der Waals surface area contributed by atoms with Gasteiger partial charge in [-0.2, -0.15) is 0 Å². The zero-order valence-electron chi connectivity index (χ0n) is 13.1. The number of carbonyl (C=O) groups is 1. The van der Waals surface area contributed by atoms with Crippen molar-refractivity contribution in [2.75, 3.05) is 6.54 Å². The van der Waals surface area contributed by atoms with Crippen molar-refractivity contribution in [2.45, 2.75) is 11.3 Å². The maximum Gasteiger partial charge on any atom is 0.244 e. The number of imidazole rings is 1. The highest BCUT2D eigenvalue weighted by Crippen LogP contribution is 2.13. The summed E-state index contributed by atoms with van der Waals surface area (Å²) < 4.78 is 24.3. The first-order valence-electron chi connectivity index (χ1n) is 7.42. The van der Waals surface area contributed by atoms with Crippen LogP contribution in [0.1, 0.15) is 11.3 Å². The van der Waals surface area contributed by atoms with Crippen molar-refractivity contribution in [3.8, 4) is 0 Å². The molecular formula is C16H16N4O3S2. The van der Waals surface area contributed by atoms with Crippen LogP contribution in [-0.4, -0.2) is 30.3 Å². The largest absolute Gasteiger partial charge is 0.352 e. The van der Waals surface area contributed by atoms with Crippen LogP contribution in [0.3, 0.4) is 0 Å². The van der Waals surface area contributed by atoms with Gasteiger partial charge in [0.25, 0.3) is 0 Å². The van der Waals surface area contributed by atoms with E-state index in [9.17, 15) is 13.2 Å². The molecule has 3 aromatic rings. The maximum absolute atomic E-state index is 11.9. The predicted octanol–water partition coefficient (Wildman–Crippen LogP) is 1.42. The van der Waals surface area contributed by atoms with Crippen molar-refractivity contribution in [1.82, 2.24) is 14.7 Å². The molecule has 7 nitrogen and oxygen atoms in total. The van der Waals surface area contributed by atoms with E-state index in [0.29, 0.717) is 13.0 Å². The van der Waals surface area contributed by atoms with Crippen LogP contribution in [0.25, 0.3) is 11.0 Å². The fourth-order valence-corrected chi connectivity index (χ4v) is 3.48. The molecular weight excluding hydrogens is 360 g/mol. The quantitative estimate of drug-likeness (QED) is 0.634. The van der Waals surface area contributed by atoms with Crippen molar-refractivity contribution < 1.29 is 13.2 Å². The van der Waals surface area contributed by atoms with Crippen LogP contribution in [0, 0.1) is 0 Å². The Morgan fingerprint density at radius 2 is 2.08 bits per heavy atom. The number of aromatic nitrogens is 2. The van der Waals surface area contributed by atoms with Gasteiger partial charge in [-0.3, -0.25) is 9.20 Å². The number of fused-ring (bicyclic) bond motifs is 1.